The Balaban J connectivity index is 1.64. The monoisotopic (exact) mass is 451 g/mol. The highest BCUT2D eigenvalue weighted by Crippen LogP contribution is 2.35. The maximum atomic E-state index is 13.0. The van der Waals surface area contributed by atoms with Crippen LogP contribution in [0.5, 0.6) is 11.5 Å². The van der Waals surface area contributed by atoms with E-state index in [9.17, 15) is 14.9 Å². The van der Waals surface area contributed by atoms with Gasteiger partial charge in [0.1, 0.15) is 11.4 Å². The molecule has 33 heavy (non-hydrogen) atoms. The minimum absolute atomic E-state index is 0.123. The zero-order chi connectivity index (χ0) is 23.4. The summed E-state index contributed by atoms with van der Waals surface area (Å²) in [4.78, 5) is 24.0. The van der Waals surface area contributed by atoms with Crippen LogP contribution in [0.1, 0.15) is 42.4 Å². The molecule has 10 nitrogen and oxygen atoms in total. The molecular weight excluding hydrogens is 426 g/mol. The lowest BCUT2D eigenvalue weighted by Crippen LogP contribution is -2.14. The smallest absolute Gasteiger partial charge is 0.286 e. The summed E-state index contributed by atoms with van der Waals surface area (Å²) in [7, 11) is 1.41. The lowest BCUT2D eigenvalue weighted by Gasteiger charge is -2.12. The van der Waals surface area contributed by atoms with Crippen LogP contribution in [0.15, 0.2) is 36.4 Å². The molecule has 3 aromatic rings. The van der Waals surface area contributed by atoms with Gasteiger partial charge in [-0.3, -0.25) is 14.9 Å². The highest BCUT2D eigenvalue weighted by Gasteiger charge is 2.25. The van der Waals surface area contributed by atoms with Gasteiger partial charge in [-0.25, -0.2) is 0 Å². The van der Waals surface area contributed by atoms with Crippen LogP contribution in [-0.4, -0.2) is 39.3 Å². The molecule has 0 spiro atoms. The normalized spacial score (nSPS) is 13.0. The molecule has 1 N–H and O–H groups in total. The fourth-order valence-corrected chi connectivity index (χ4v) is 3.94. The van der Waals surface area contributed by atoms with Crippen LogP contribution in [0.3, 0.4) is 0 Å². The first-order valence-corrected chi connectivity index (χ1v) is 10.8. The molecule has 0 fully saturated rings. The summed E-state index contributed by atoms with van der Waals surface area (Å²) in [6.45, 7) is 2.91. The van der Waals surface area contributed by atoms with E-state index in [1.54, 1.807) is 25.1 Å². The van der Waals surface area contributed by atoms with Crippen molar-refractivity contribution < 1.29 is 19.2 Å². The van der Waals surface area contributed by atoms with E-state index in [1.807, 2.05) is 6.07 Å². The van der Waals surface area contributed by atoms with Crippen molar-refractivity contribution in [3.05, 3.63) is 57.9 Å². The second-order valence-corrected chi connectivity index (χ2v) is 7.65. The number of amides is 1. The van der Waals surface area contributed by atoms with Crippen LogP contribution in [0.25, 0.3) is 11.4 Å². The maximum absolute atomic E-state index is 13.0. The molecule has 0 bridgehead atoms. The molecule has 0 saturated heterocycles. The molecule has 0 radical (unpaired) electrons. The number of fused-ring (bicyclic) bond motifs is 1. The van der Waals surface area contributed by atoms with Gasteiger partial charge < -0.3 is 19.4 Å². The number of nitro benzene ring substituents is 1. The molecule has 1 aliphatic heterocycles. The second kappa shape index (κ2) is 9.68. The number of carbonyl (C=O) groups excluding carboxylic acids is 1. The van der Waals surface area contributed by atoms with Gasteiger partial charge in [0.25, 0.3) is 11.6 Å². The summed E-state index contributed by atoms with van der Waals surface area (Å²) < 4.78 is 12.8. The standard InChI is InChI=1S/C23H25N5O5/c1-3-33-20-14-18(28(30)31)17(13-19(20)32-2)23(29)24-16-9-7-8-15(12-16)22-26-25-21-10-5-4-6-11-27(21)22/h7-9,12-14H,3-6,10-11H2,1-2H3,(H,24,29). The van der Waals surface area contributed by atoms with Crippen molar-refractivity contribution in [2.45, 2.75) is 39.2 Å². The summed E-state index contributed by atoms with van der Waals surface area (Å²) in [5, 5.41) is 23.1. The Hall–Kier alpha value is -3.95. The predicted molar refractivity (Wildman–Crippen MR) is 122 cm³/mol. The zero-order valence-electron chi connectivity index (χ0n) is 18.5. The molecule has 0 atom stereocenters. The second-order valence-electron chi connectivity index (χ2n) is 7.65. The number of nitro groups is 1. The predicted octanol–water partition coefficient (Wildman–Crippen LogP) is 4.24. The molecular formula is C23H25N5O5. The molecule has 0 aliphatic carbocycles. The number of nitrogens with one attached hydrogen (secondary N) is 1. The number of aromatic nitrogens is 3. The summed E-state index contributed by atoms with van der Waals surface area (Å²) in [6.07, 6.45) is 4.21. The third-order valence-electron chi connectivity index (χ3n) is 5.51. The van der Waals surface area contributed by atoms with Crippen molar-refractivity contribution in [3.8, 4) is 22.9 Å². The number of hydrogen-bond donors (Lipinski definition) is 1. The summed E-state index contributed by atoms with van der Waals surface area (Å²) in [5.41, 5.74) is 0.815. The molecule has 2 heterocycles. The van der Waals surface area contributed by atoms with Gasteiger partial charge in [0, 0.05) is 30.3 Å². The zero-order valence-corrected chi connectivity index (χ0v) is 18.5. The number of rotatable bonds is 7. The van der Waals surface area contributed by atoms with Crippen LogP contribution >= 0.6 is 0 Å². The van der Waals surface area contributed by atoms with Gasteiger partial charge in [-0.2, -0.15) is 0 Å². The topological polar surface area (TPSA) is 121 Å². The van der Waals surface area contributed by atoms with Gasteiger partial charge in [-0.15, -0.1) is 10.2 Å². The average Bonchev–Trinajstić information content (AvgIpc) is 3.07. The molecule has 1 amide bonds. The van der Waals surface area contributed by atoms with Crippen molar-refractivity contribution in [2.24, 2.45) is 0 Å². The van der Waals surface area contributed by atoms with E-state index < -0.39 is 10.8 Å². The fraction of sp³-hybridized carbons (Fsp3) is 0.348. The largest absolute Gasteiger partial charge is 0.493 e. The Morgan fingerprint density at radius 3 is 2.79 bits per heavy atom. The van der Waals surface area contributed by atoms with Crippen LogP contribution in [0, 0.1) is 10.1 Å². The van der Waals surface area contributed by atoms with Crippen molar-refractivity contribution in [1.82, 2.24) is 14.8 Å². The maximum Gasteiger partial charge on any atom is 0.286 e. The van der Waals surface area contributed by atoms with Crippen LogP contribution < -0.4 is 14.8 Å². The molecule has 2 aromatic carbocycles. The summed E-state index contributed by atoms with van der Waals surface area (Å²) in [5.74, 6) is 1.54. The molecule has 4 rings (SSSR count). The fourth-order valence-electron chi connectivity index (χ4n) is 3.94. The number of hydrogen-bond acceptors (Lipinski definition) is 7. The quantitative estimate of drug-likeness (QED) is 0.421. The lowest BCUT2D eigenvalue weighted by molar-refractivity contribution is -0.385. The Morgan fingerprint density at radius 2 is 2.03 bits per heavy atom. The van der Waals surface area contributed by atoms with Gasteiger partial charge in [0.2, 0.25) is 0 Å². The lowest BCUT2D eigenvalue weighted by atomic mass is 10.1. The van der Waals surface area contributed by atoms with E-state index >= 15 is 0 Å². The molecule has 1 aromatic heterocycles. The molecule has 10 heteroatoms. The average molecular weight is 451 g/mol. The number of carbonyl (C=O) groups is 1. The first-order valence-electron chi connectivity index (χ1n) is 10.8. The van der Waals surface area contributed by atoms with Gasteiger partial charge in [-0.1, -0.05) is 18.6 Å². The van der Waals surface area contributed by atoms with E-state index in [4.69, 9.17) is 9.47 Å². The van der Waals surface area contributed by atoms with E-state index in [1.165, 1.54) is 19.2 Å². The van der Waals surface area contributed by atoms with Crippen molar-refractivity contribution in [3.63, 3.8) is 0 Å². The van der Waals surface area contributed by atoms with Gasteiger partial charge >= 0.3 is 0 Å². The third kappa shape index (κ3) is 4.64. The molecule has 0 saturated carbocycles. The summed E-state index contributed by atoms with van der Waals surface area (Å²) >= 11 is 0. The van der Waals surface area contributed by atoms with Gasteiger partial charge in [0.15, 0.2) is 17.3 Å². The minimum Gasteiger partial charge on any atom is -0.493 e. The Morgan fingerprint density at radius 1 is 1.18 bits per heavy atom. The number of benzene rings is 2. The Kier molecular flexibility index (Phi) is 6.53. The Labute approximate surface area is 190 Å². The molecule has 0 unspecified atom stereocenters. The number of anilines is 1. The number of nitrogens with zero attached hydrogens (tertiary/aromatic N) is 4. The van der Waals surface area contributed by atoms with Crippen molar-refractivity contribution in [1.29, 1.82) is 0 Å². The highest BCUT2D eigenvalue weighted by molar-refractivity contribution is 6.07. The minimum atomic E-state index is -0.625. The third-order valence-corrected chi connectivity index (χ3v) is 5.51. The Bertz CT molecular complexity index is 1190. The highest BCUT2D eigenvalue weighted by atomic mass is 16.6. The van der Waals surface area contributed by atoms with Crippen molar-refractivity contribution >= 4 is 17.3 Å². The first-order chi connectivity index (χ1) is 16.0. The van der Waals surface area contributed by atoms with Crippen LogP contribution in [0.4, 0.5) is 11.4 Å². The van der Waals surface area contributed by atoms with E-state index in [2.05, 4.69) is 20.1 Å². The summed E-state index contributed by atoms with van der Waals surface area (Å²) in [6, 6.07) is 9.74. The van der Waals surface area contributed by atoms with E-state index in [0.29, 0.717) is 12.3 Å². The van der Waals surface area contributed by atoms with E-state index in [-0.39, 0.29) is 22.7 Å². The SMILES string of the molecule is CCOc1cc([N+](=O)[O-])c(C(=O)Nc2cccc(-c3nnc4n3CCCCC4)c2)cc1OC. The van der Waals surface area contributed by atoms with Crippen LogP contribution in [0.2, 0.25) is 0 Å². The van der Waals surface area contributed by atoms with E-state index in [0.717, 1.165) is 49.4 Å². The van der Waals surface area contributed by atoms with Crippen molar-refractivity contribution in [2.75, 3.05) is 19.0 Å². The van der Waals surface area contributed by atoms with Crippen LogP contribution in [-0.2, 0) is 13.0 Å². The van der Waals surface area contributed by atoms with Gasteiger partial charge in [-0.05, 0) is 31.9 Å². The number of aryl methyl sites for hydroxylation is 1. The number of methoxy groups -OCH3 is 1. The molecule has 1 aliphatic rings. The first kappa shape index (κ1) is 22.3. The molecule has 172 valence electrons. The van der Waals surface area contributed by atoms with Gasteiger partial charge in [0.05, 0.1) is 24.7 Å². The number of ether oxygens (including phenoxy) is 2.